The Hall–Kier alpha value is -1.31. The topological polar surface area (TPSA) is 56.3 Å². The minimum absolute atomic E-state index is 0.0795. The van der Waals surface area contributed by atoms with E-state index in [-0.39, 0.29) is 6.10 Å². The summed E-state index contributed by atoms with van der Waals surface area (Å²) in [6, 6.07) is 8.06. The van der Waals surface area contributed by atoms with Gasteiger partial charge in [0, 0.05) is 35.8 Å². The zero-order valence-corrected chi connectivity index (χ0v) is 12.7. The second kappa shape index (κ2) is 6.43. The molecule has 2 heterocycles. The number of ether oxygens (including phenoxy) is 2. The van der Waals surface area contributed by atoms with Gasteiger partial charge in [0.05, 0.1) is 6.61 Å². The molecule has 0 amide bonds. The fourth-order valence-electron chi connectivity index (χ4n) is 1.84. The van der Waals surface area contributed by atoms with Crippen molar-refractivity contribution < 1.29 is 9.47 Å². The molecule has 0 bridgehead atoms. The summed E-state index contributed by atoms with van der Waals surface area (Å²) in [5.41, 5.74) is 0. The lowest BCUT2D eigenvalue weighted by molar-refractivity contribution is 0.210. The number of fused-ring (bicyclic) bond motifs is 1. The summed E-state index contributed by atoms with van der Waals surface area (Å²) >= 11 is 3.14. The first-order valence-corrected chi connectivity index (χ1v) is 8.07. The first kappa shape index (κ1) is 13.7. The van der Waals surface area contributed by atoms with Crippen LogP contribution < -0.4 is 10.1 Å². The van der Waals surface area contributed by atoms with Gasteiger partial charge in [-0.25, -0.2) is 0 Å². The van der Waals surface area contributed by atoms with Gasteiger partial charge in [-0.2, -0.15) is 9.36 Å². The van der Waals surface area contributed by atoms with Gasteiger partial charge >= 0.3 is 0 Å². The number of nitrogens with zero attached hydrogens (tertiary/aromatic N) is 2. The lowest BCUT2D eigenvalue weighted by atomic mass is 10.3. The molecule has 1 unspecified atom stereocenters. The molecule has 0 saturated carbocycles. The Bertz CT molecular complexity index is 576. The Morgan fingerprint density at radius 1 is 1.45 bits per heavy atom. The van der Waals surface area contributed by atoms with Crippen LogP contribution in [0.2, 0.25) is 0 Å². The number of aromatic nitrogens is 2. The number of anilines is 1. The molecule has 7 heteroatoms. The maximum absolute atomic E-state index is 5.97. The van der Waals surface area contributed by atoms with Crippen molar-refractivity contribution in [3.05, 3.63) is 30.1 Å². The highest BCUT2D eigenvalue weighted by Gasteiger charge is 2.25. The van der Waals surface area contributed by atoms with Gasteiger partial charge in [-0.15, -0.1) is 11.8 Å². The van der Waals surface area contributed by atoms with Gasteiger partial charge < -0.3 is 14.8 Å². The summed E-state index contributed by atoms with van der Waals surface area (Å²) in [6.07, 6.45) is -0.0795. The first-order valence-electron chi connectivity index (χ1n) is 6.31. The lowest BCUT2D eigenvalue weighted by Gasteiger charge is -2.23. The molecule has 0 saturated heterocycles. The number of para-hydroxylation sites is 1. The van der Waals surface area contributed by atoms with E-state index in [4.69, 9.17) is 9.47 Å². The first-order chi connectivity index (χ1) is 9.86. The van der Waals surface area contributed by atoms with Crippen LogP contribution in [0.25, 0.3) is 0 Å². The van der Waals surface area contributed by atoms with Gasteiger partial charge in [0.2, 0.25) is 5.13 Å². The summed E-state index contributed by atoms with van der Waals surface area (Å²) in [7, 11) is 1.68. The summed E-state index contributed by atoms with van der Waals surface area (Å²) in [5.74, 6) is 2.50. The molecule has 1 aliphatic rings. The maximum Gasteiger partial charge on any atom is 0.202 e. The summed E-state index contributed by atoms with van der Waals surface area (Å²) in [4.78, 5) is 5.66. The SMILES string of the molecule is COCCNc1nc(C2CSc3ccccc3O2)ns1. The second-order valence-corrected chi connectivity index (χ2v) is 6.06. The predicted molar refractivity (Wildman–Crippen MR) is 80.8 cm³/mol. The fourth-order valence-corrected chi connectivity index (χ4v) is 3.46. The Kier molecular flexibility index (Phi) is 4.39. The van der Waals surface area contributed by atoms with E-state index in [1.807, 2.05) is 18.2 Å². The molecule has 0 aliphatic carbocycles. The molecular weight excluding hydrogens is 294 g/mol. The second-order valence-electron chi connectivity index (χ2n) is 4.24. The van der Waals surface area contributed by atoms with Gasteiger partial charge in [-0.1, -0.05) is 12.1 Å². The van der Waals surface area contributed by atoms with Gasteiger partial charge in [0.25, 0.3) is 0 Å². The zero-order chi connectivity index (χ0) is 13.8. The van der Waals surface area contributed by atoms with Gasteiger partial charge in [-0.05, 0) is 12.1 Å². The van der Waals surface area contributed by atoms with E-state index in [0.29, 0.717) is 6.61 Å². The largest absolute Gasteiger partial charge is 0.480 e. The Labute approximate surface area is 125 Å². The monoisotopic (exact) mass is 309 g/mol. The van der Waals surface area contributed by atoms with Gasteiger partial charge in [-0.3, -0.25) is 0 Å². The molecular formula is C13H15N3O2S2. The smallest absolute Gasteiger partial charge is 0.202 e. The maximum atomic E-state index is 5.97. The van der Waals surface area contributed by atoms with Crippen LogP contribution in [0, 0.1) is 0 Å². The number of rotatable bonds is 5. The summed E-state index contributed by atoms with van der Waals surface area (Å²) in [6.45, 7) is 1.38. The van der Waals surface area contributed by atoms with Gasteiger partial charge in [0.15, 0.2) is 11.9 Å². The van der Waals surface area contributed by atoms with E-state index in [1.165, 1.54) is 16.4 Å². The van der Waals surface area contributed by atoms with E-state index in [1.54, 1.807) is 18.9 Å². The molecule has 0 spiro atoms. The van der Waals surface area contributed by atoms with Crippen molar-refractivity contribution in [3.63, 3.8) is 0 Å². The van der Waals surface area contributed by atoms with E-state index in [9.17, 15) is 0 Å². The van der Waals surface area contributed by atoms with Crippen LogP contribution in [0.15, 0.2) is 29.2 Å². The summed E-state index contributed by atoms with van der Waals surface area (Å²) in [5, 5.41) is 3.99. The normalized spacial score (nSPS) is 17.4. The molecule has 1 aromatic carbocycles. The summed E-state index contributed by atoms with van der Waals surface area (Å²) < 4.78 is 15.3. The van der Waals surface area contributed by atoms with Crippen molar-refractivity contribution >= 4 is 28.4 Å². The lowest BCUT2D eigenvalue weighted by Crippen LogP contribution is -2.16. The van der Waals surface area contributed by atoms with Crippen LogP contribution in [-0.4, -0.2) is 35.4 Å². The van der Waals surface area contributed by atoms with Crippen molar-refractivity contribution in [2.24, 2.45) is 0 Å². The minimum atomic E-state index is -0.0795. The molecule has 0 radical (unpaired) electrons. The zero-order valence-electron chi connectivity index (χ0n) is 11.0. The number of nitrogens with one attached hydrogen (secondary N) is 1. The highest BCUT2D eigenvalue weighted by Crippen LogP contribution is 2.39. The van der Waals surface area contributed by atoms with E-state index >= 15 is 0 Å². The quantitative estimate of drug-likeness (QED) is 0.857. The molecule has 1 atom stereocenters. The van der Waals surface area contributed by atoms with E-state index in [0.717, 1.165) is 29.0 Å². The van der Waals surface area contributed by atoms with Crippen molar-refractivity contribution in [1.82, 2.24) is 9.36 Å². The molecule has 5 nitrogen and oxygen atoms in total. The highest BCUT2D eigenvalue weighted by molar-refractivity contribution is 7.99. The highest BCUT2D eigenvalue weighted by atomic mass is 32.2. The number of hydrogen-bond acceptors (Lipinski definition) is 7. The molecule has 1 aromatic heterocycles. The van der Waals surface area contributed by atoms with Gasteiger partial charge in [0.1, 0.15) is 5.75 Å². The number of thioether (sulfide) groups is 1. The number of hydrogen-bond donors (Lipinski definition) is 1. The molecule has 1 N–H and O–H groups in total. The standard InChI is InChI=1S/C13H15N3O2S2/c1-17-7-6-14-13-15-12(16-20-13)10-8-19-11-5-3-2-4-9(11)18-10/h2-5,10H,6-8H2,1H3,(H,14,15,16). The van der Waals surface area contributed by atoms with Crippen molar-refractivity contribution in [2.45, 2.75) is 11.0 Å². The van der Waals surface area contributed by atoms with Crippen molar-refractivity contribution in [1.29, 1.82) is 0 Å². The molecule has 0 fully saturated rings. The Morgan fingerprint density at radius 3 is 3.25 bits per heavy atom. The van der Waals surface area contributed by atoms with Crippen LogP contribution in [0.3, 0.4) is 0 Å². The van der Waals surface area contributed by atoms with Crippen LogP contribution in [0.4, 0.5) is 5.13 Å². The predicted octanol–water partition coefficient (Wildman–Crippen LogP) is 2.82. The Balaban J connectivity index is 1.66. The molecule has 20 heavy (non-hydrogen) atoms. The molecule has 3 rings (SSSR count). The third kappa shape index (κ3) is 3.05. The Morgan fingerprint density at radius 2 is 2.35 bits per heavy atom. The molecule has 106 valence electrons. The molecule has 1 aliphatic heterocycles. The number of benzene rings is 1. The van der Waals surface area contributed by atoms with Crippen LogP contribution >= 0.6 is 23.3 Å². The average molecular weight is 309 g/mol. The van der Waals surface area contributed by atoms with Crippen LogP contribution in [0.1, 0.15) is 11.9 Å². The van der Waals surface area contributed by atoms with Crippen molar-refractivity contribution in [2.75, 3.05) is 31.3 Å². The third-order valence-electron chi connectivity index (χ3n) is 2.82. The average Bonchev–Trinajstić information content (AvgIpc) is 2.96. The van der Waals surface area contributed by atoms with Crippen LogP contribution in [0.5, 0.6) is 5.75 Å². The number of methoxy groups -OCH3 is 1. The van der Waals surface area contributed by atoms with E-state index < -0.39 is 0 Å². The van der Waals surface area contributed by atoms with E-state index in [2.05, 4.69) is 20.7 Å². The third-order valence-corrected chi connectivity index (χ3v) is 4.63. The fraction of sp³-hybridized carbons (Fsp3) is 0.385. The van der Waals surface area contributed by atoms with Crippen LogP contribution in [-0.2, 0) is 4.74 Å². The van der Waals surface area contributed by atoms with Crippen molar-refractivity contribution in [3.8, 4) is 5.75 Å². The molecule has 2 aromatic rings. The minimum Gasteiger partial charge on any atom is -0.480 e.